The molecule has 0 saturated carbocycles. The molecule has 0 radical (unpaired) electrons. The van der Waals surface area contributed by atoms with Gasteiger partial charge in [0.05, 0.1) is 11.2 Å². The second-order valence-electron chi connectivity index (χ2n) is 4.62. The zero-order chi connectivity index (χ0) is 14.5. The van der Waals surface area contributed by atoms with Crippen molar-refractivity contribution in [3.8, 4) is 0 Å². The number of aryl methyl sites for hydroxylation is 1. The van der Waals surface area contributed by atoms with Gasteiger partial charge in [0.1, 0.15) is 5.76 Å². The standard InChI is InChI=1S/C15H18N2O3/c1-3-15-13(8-9-20-15)14(16-2)10-11-4-6-12(7-5-11)17(18)19/h4-9,14,16H,3,10H2,1-2H3. The molecule has 0 aliphatic heterocycles. The monoisotopic (exact) mass is 274 g/mol. The van der Waals surface area contributed by atoms with E-state index in [-0.39, 0.29) is 16.7 Å². The van der Waals surface area contributed by atoms with E-state index in [1.165, 1.54) is 12.1 Å². The van der Waals surface area contributed by atoms with Crippen molar-refractivity contribution in [2.24, 2.45) is 0 Å². The fourth-order valence-corrected chi connectivity index (χ4v) is 2.31. The molecular formula is C15H18N2O3. The highest BCUT2D eigenvalue weighted by atomic mass is 16.6. The molecule has 0 saturated heterocycles. The van der Waals surface area contributed by atoms with E-state index in [2.05, 4.69) is 12.2 Å². The SMILES string of the molecule is CCc1occc1C(Cc1ccc([N+](=O)[O-])cc1)NC. The molecule has 0 aliphatic carbocycles. The normalized spacial score (nSPS) is 12.3. The first-order valence-corrected chi connectivity index (χ1v) is 6.62. The van der Waals surface area contributed by atoms with Crippen LogP contribution in [0.4, 0.5) is 5.69 Å². The predicted molar refractivity (Wildman–Crippen MR) is 76.7 cm³/mol. The molecule has 2 aromatic rings. The maximum Gasteiger partial charge on any atom is 0.269 e. The second-order valence-corrected chi connectivity index (χ2v) is 4.62. The Hall–Kier alpha value is -2.14. The quantitative estimate of drug-likeness (QED) is 0.648. The van der Waals surface area contributed by atoms with Crippen LogP contribution in [0.15, 0.2) is 41.0 Å². The van der Waals surface area contributed by atoms with Crippen LogP contribution in [0.25, 0.3) is 0 Å². The molecule has 1 N–H and O–H groups in total. The number of benzene rings is 1. The third kappa shape index (κ3) is 3.05. The Morgan fingerprint density at radius 1 is 1.30 bits per heavy atom. The molecular weight excluding hydrogens is 256 g/mol. The first-order chi connectivity index (χ1) is 9.65. The molecule has 106 valence electrons. The number of nitro benzene ring substituents is 1. The minimum Gasteiger partial charge on any atom is -0.469 e. The van der Waals surface area contributed by atoms with Gasteiger partial charge in [-0.05, 0) is 25.1 Å². The smallest absolute Gasteiger partial charge is 0.269 e. The van der Waals surface area contributed by atoms with Gasteiger partial charge in [-0.1, -0.05) is 19.1 Å². The molecule has 0 aliphatic rings. The summed E-state index contributed by atoms with van der Waals surface area (Å²) in [5, 5.41) is 13.9. The van der Waals surface area contributed by atoms with Crippen LogP contribution in [0.3, 0.4) is 0 Å². The average Bonchev–Trinajstić information content (AvgIpc) is 2.93. The van der Waals surface area contributed by atoms with Crippen LogP contribution in [-0.2, 0) is 12.8 Å². The Morgan fingerprint density at radius 3 is 2.55 bits per heavy atom. The fraction of sp³-hybridized carbons (Fsp3) is 0.333. The summed E-state index contributed by atoms with van der Waals surface area (Å²) in [6, 6.07) is 8.80. The third-order valence-electron chi connectivity index (χ3n) is 3.41. The van der Waals surface area contributed by atoms with Crippen LogP contribution >= 0.6 is 0 Å². The van der Waals surface area contributed by atoms with E-state index < -0.39 is 0 Å². The lowest BCUT2D eigenvalue weighted by atomic mass is 9.98. The van der Waals surface area contributed by atoms with Gasteiger partial charge in [-0.3, -0.25) is 10.1 Å². The zero-order valence-corrected chi connectivity index (χ0v) is 11.6. The van der Waals surface area contributed by atoms with Crippen molar-refractivity contribution in [3.05, 3.63) is 63.6 Å². The number of rotatable bonds is 6. The van der Waals surface area contributed by atoms with Crippen molar-refractivity contribution in [1.29, 1.82) is 0 Å². The van der Waals surface area contributed by atoms with Crippen LogP contribution < -0.4 is 5.32 Å². The Balaban J connectivity index is 2.16. The highest BCUT2D eigenvalue weighted by Crippen LogP contribution is 2.24. The van der Waals surface area contributed by atoms with E-state index >= 15 is 0 Å². The number of furan rings is 1. The Morgan fingerprint density at radius 2 is 2.00 bits per heavy atom. The van der Waals surface area contributed by atoms with Crippen molar-refractivity contribution in [3.63, 3.8) is 0 Å². The molecule has 20 heavy (non-hydrogen) atoms. The van der Waals surface area contributed by atoms with Gasteiger partial charge in [-0.2, -0.15) is 0 Å². The summed E-state index contributed by atoms with van der Waals surface area (Å²) in [4.78, 5) is 10.3. The van der Waals surface area contributed by atoms with Gasteiger partial charge < -0.3 is 9.73 Å². The minimum atomic E-state index is -0.384. The number of nitrogens with one attached hydrogen (secondary N) is 1. The molecule has 0 fully saturated rings. The summed E-state index contributed by atoms with van der Waals surface area (Å²) in [6.45, 7) is 2.06. The molecule has 1 aromatic heterocycles. The van der Waals surface area contributed by atoms with Crippen molar-refractivity contribution in [2.75, 3.05) is 7.05 Å². The van der Waals surface area contributed by atoms with Crippen molar-refractivity contribution in [1.82, 2.24) is 5.32 Å². The maximum absolute atomic E-state index is 10.6. The average molecular weight is 274 g/mol. The summed E-state index contributed by atoms with van der Waals surface area (Å²) in [6.07, 6.45) is 3.32. The molecule has 1 unspecified atom stereocenters. The highest BCUT2D eigenvalue weighted by molar-refractivity contribution is 5.34. The van der Waals surface area contributed by atoms with Crippen LogP contribution in [0.2, 0.25) is 0 Å². The topological polar surface area (TPSA) is 68.3 Å². The number of nitrogens with zero attached hydrogens (tertiary/aromatic N) is 1. The lowest BCUT2D eigenvalue weighted by molar-refractivity contribution is -0.384. The van der Waals surface area contributed by atoms with E-state index in [0.717, 1.165) is 29.7 Å². The van der Waals surface area contributed by atoms with Gasteiger partial charge in [0.25, 0.3) is 5.69 Å². The zero-order valence-electron chi connectivity index (χ0n) is 11.6. The first kappa shape index (κ1) is 14.3. The van der Waals surface area contributed by atoms with Crippen LogP contribution in [0.1, 0.15) is 29.9 Å². The van der Waals surface area contributed by atoms with E-state index in [1.807, 2.05) is 13.1 Å². The lowest BCUT2D eigenvalue weighted by Crippen LogP contribution is -2.19. The van der Waals surface area contributed by atoms with Gasteiger partial charge in [-0.15, -0.1) is 0 Å². The summed E-state index contributed by atoms with van der Waals surface area (Å²) in [5.74, 6) is 0.978. The molecule has 5 nitrogen and oxygen atoms in total. The Bertz CT molecular complexity index is 575. The van der Waals surface area contributed by atoms with Gasteiger partial charge in [0.15, 0.2) is 0 Å². The van der Waals surface area contributed by atoms with Crippen LogP contribution in [0, 0.1) is 10.1 Å². The second kappa shape index (κ2) is 6.34. The number of nitro groups is 1. The number of hydrogen-bond donors (Lipinski definition) is 1. The van der Waals surface area contributed by atoms with Crippen LogP contribution in [0.5, 0.6) is 0 Å². The minimum absolute atomic E-state index is 0.118. The predicted octanol–water partition coefficient (Wildman–Crippen LogP) is 3.25. The molecule has 0 bridgehead atoms. The molecule has 1 heterocycles. The summed E-state index contributed by atoms with van der Waals surface area (Å²) in [5.41, 5.74) is 2.32. The van der Waals surface area contributed by atoms with Crippen molar-refractivity contribution >= 4 is 5.69 Å². The van der Waals surface area contributed by atoms with Crippen molar-refractivity contribution < 1.29 is 9.34 Å². The lowest BCUT2D eigenvalue weighted by Gasteiger charge is -2.16. The Kier molecular flexibility index (Phi) is 4.53. The maximum atomic E-state index is 10.6. The first-order valence-electron chi connectivity index (χ1n) is 6.62. The molecule has 1 aromatic carbocycles. The van der Waals surface area contributed by atoms with E-state index in [0.29, 0.717) is 0 Å². The van der Waals surface area contributed by atoms with Gasteiger partial charge in [-0.25, -0.2) is 0 Å². The number of non-ortho nitro benzene ring substituents is 1. The van der Waals surface area contributed by atoms with Gasteiger partial charge in [0, 0.05) is 30.2 Å². The van der Waals surface area contributed by atoms with E-state index in [4.69, 9.17) is 4.42 Å². The summed E-state index contributed by atoms with van der Waals surface area (Å²) >= 11 is 0. The number of hydrogen-bond acceptors (Lipinski definition) is 4. The number of likely N-dealkylation sites (N-methyl/N-ethyl adjacent to an activating group) is 1. The van der Waals surface area contributed by atoms with E-state index in [9.17, 15) is 10.1 Å². The molecule has 0 spiro atoms. The summed E-state index contributed by atoms with van der Waals surface area (Å²) in [7, 11) is 1.91. The van der Waals surface area contributed by atoms with Gasteiger partial charge >= 0.3 is 0 Å². The third-order valence-corrected chi connectivity index (χ3v) is 3.41. The summed E-state index contributed by atoms with van der Waals surface area (Å²) < 4.78 is 5.46. The molecule has 1 atom stereocenters. The fourth-order valence-electron chi connectivity index (χ4n) is 2.31. The van der Waals surface area contributed by atoms with Crippen LogP contribution in [-0.4, -0.2) is 12.0 Å². The molecule has 5 heteroatoms. The Labute approximate surface area is 117 Å². The van der Waals surface area contributed by atoms with Crippen molar-refractivity contribution in [2.45, 2.75) is 25.8 Å². The molecule has 0 amide bonds. The largest absolute Gasteiger partial charge is 0.469 e. The van der Waals surface area contributed by atoms with Gasteiger partial charge in [0.2, 0.25) is 0 Å². The van der Waals surface area contributed by atoms with E-state index in [1.54, 1.807) is 18.4 Å². The molecule has 2 rings (SSSR count). The highest BCUT2D eigenvalue weighted by Gasteiger charge is 2.16.